The number of hydrogen-bond donors (Lipinski definition) is 1. The van der Waals surface area contributed by atoms with Gasteiger partial charge in [0.15, 0.2) is 0 Å². The molecular weight excluding hydrogens is 248 g/mol. The highest BCUT2D eigenvalue weighted by Gasteiger charge is 2.32. The van der Waals surface area contributed by atoms with Gasteiger partial charge in [0.25, 0.3) is 0 Å². The van der Waals surface area contributed by atoms with Gasteiger partial charge in [0.1, 0.15) is 6.10 Å². The Kier molecular flexibility index (Phi) is 4.90. The molecule has 6 nitrogen and oxygen atoms in total. The Morgan fingerprint density at radius 3 is 2.89 bits per heavy atom. The second kappa shape index (κ2) is 6.45. The maximum Gasteiger partial charge on any atom is 0.234 e. The predicted molar refractivity (Wildman–Crippen MR) is 67.7 cm³/mol. The molecule has 108 valence electrons. The molecular formula is C13H22N2O4. The van der Waals surface area contributed by atoms with Crippen molar-refractivity contribution in [2.75, 3.05) is 19.8 Å². The first kappa shape index (κ1) is 14.4. The van der Waals surface area contributed by atoms with Crippen molar-refractivity contribution in [1.29, 1.82) is 0 Å². The Morgan fingerprint density at radius 1 is 1.47 bits per heavy atom. The molecule has 1 N–H and O–H groups in total. The minimum absolute atomic E-state index is 0.177. The lowest BCUT2D eigenvalue weighted by atomic mass is 9.99. The summed E-state index contributed by atoms with van der Waals surface area (Å²) in [5.74, 6) is 1.01. The average Bonchev–Trinajstić information content (AvgIpc) is 2.85. The molecule has 19 heavy (non-hydrogen) atoms. The van der Waals surface area contributed by atoms with Gasteiger partial charge >= 0.3 is 0 Å². The number of aromatic nitrogens is 2. The van der Waals surface area contributed by atoms with Crippen LogP contribution in [0.5, 0.6) is 0 Å². The van der Waals surface area contributed by atoms with Crippen molar-refractivity contribution in [1.82, 2.24) is 10.1 Å². The molecule has 0 spiro atoms. The molecule has 0 bridgehead atoms. The van der Waals surface area contributed by atoms with E-state index in [1.807, 2.05) is 6.92 Å². The number of hydrogen-bond acceptors (Lipinski definition) is 6. The van der Waals surface area contributed by atoms with Gasteiger partial charge in [-0.1, -0.05) is 19.0 Å². The standard InChI is InChI=1S/C13H22N2O4/c1-4-18-11(8(2)3)12-14-13(19-15-12)9-7-17-6-5-10(9)16/h8-11,16H,4-7H2,1-3H3. The van der Waals surface area contributed by atoms with Gasteiger partial charge in [0, 0.05) is 13.2 Å². The van der Waals surface area contributed by atoms with Gasteiger partial charge < -0.3 is 19.1 Å². The summed E-state index contributed by atoms with van der Waals surface area (Å²) >= 11 is 0. The maximum atomic E-state index is 9.94. The Balaban J connectivity index is 2.12. The van der Waals surface area contributed by atoms with Crippen molar-refractivity contribution in [3.05, 3.63) is 11.7 Å². The molecule has 3 unspecified atom stereocenters. The summed E-state index contributed by atoms with van der Waals surface area (Å²) in [6.45, 7) is 7.64. The van der Waals surface area contributed by atoms with E-state index in [4.69, 9.17) is 14.0 Å². The number of nitrogens with zero attached hydrogens (tertiary/aromatic N) is 2. The van der Waals surface area contributed by atoms with E-state index in [0.717, 1.165) is 0 Å². The van der Waals surface area contributed by atoms with Crippen molar-refractivity contribution in [3.63, 3.8) is 0 Å². The summed E-state index contributed by atoms with van der Waals surface area (Å²) in [7, 11) is 0. The van der Waals surface area contributed by atoms with Crippen LogP contribution in [0.4, 0.5) is 0 Å². The second-order valence-electron chi connectivity index (χ2n) is 5.15. The fraction of sp³-hybridized carbons (Fsp3) is 0.846. The van der Waals surface area contributed by atoms with Gasteiger partial charge in [-0.3, -0.25) is 0 Å². The Hall–Kier alpha value is -0.980. The van der Waals surface area contributed by atoms with Crippen LogP contribution < -0.4 is 0 Å². The van der Waals surface area contributed by atoms with Crippen LogP contribution >= 0.6 is 0 Å². The lowest BCUT2D eigenvalue weighted by Crippen LogP contribution is -2.30. The molecule has 0 amide bonds. The minimum atomic E-state index is -0.480. The van der Waals surface area contributed by atoms with E-state index < -0.39 is 6.10 Å². The summed E-state index contributed by atoms with van der Waals surface area (Å²) in [5.41, 5.74) is 0. The van der Waals surface area contributed by atoms with Gasteiger partial charge in [-0.25, -0.2) is 0 Å². The topological polar surface area (TPSA) is 77.6 Å². The number of ether oxygens (including phenoxy) is 2. The molecule has 1 aromatic heterocycles. The first-order chi connectivity index (χ1) is 9.13. The summed E-state index contributed by atoms with van der Waals surface area (Å²) in [6.07, 6.45) is -0.0580. The van der Waals surface area contributed by atoms with Crippen LogP contribution in [-0.4, -0.2) is 41.2 Å². The largest absolute Gasteiger partial charge is 0.392 e. The van der Waals surface area contributed by atoms with Crippen molar-refractivity contribution in [2.45, 2.75) is 45.3 Å². The van der Waals surface area contributed by atoms with Crippen molar-refractivity contribution in [3.8, 4) is 0 Å². The average molecular weight is 270 g/mol. The number of rotatable bonds is 5. The molecule has 2 rings (SSSR count). The zero-order chi connectivity index (χ0) is 13.8. The summed E-state index contributed by atoms with van der Waals surface area (Å²) in [5, 5.41) is 13.9. The van der Waals surface area contributed by atoms with Gasteiger partial charge in [-0.15, -0.1) is 0 Å². The van der Waals surface area contributed by atoms with E-state index in [2.05, 4.69) is 24.0 Å². The monoisotopic (exact) mass is 270 g/mol. The smallest absolute Gasteiger partial charge is 0.234 e. The first-order valence-electron chi connectivity index (χ1n) is 6.84. The van der Waals surface area contributed by atoms with Gasteiger partial charge in [-0.2, -0.15) is 4.98 Å². The van der Waals surface area contributed by atoms with Crippen LogP contribution in [0.1, 0.15) is 50.9 Å². The highest BCUT2D eigenvalue weighted by molar-refractivity contribution is 5.01. The first-order valence-corrected chi connectivity index (χ1v) is 6.84. The molecule has 1 aliphatic rings. The summed E-state index contributed by atoms with van der Waals surface area (Å²) in [6, 6.07) is 0. The van der Waals surface area contributed by atoms with Crippen LogP contribution in [0, 0.1) is 5.92 Å². The van der Waals surface area contributed by atoms with Crippen LogP contribution in [0.15, 0.2) is 4.52 Å². The van der Waals surface area contributed by atoms with E-state index >= 15 is 0 Å². The van der Waals surface area contributed by atoms with E-state index in [1.54, 1.807) is 0 Å². The zero-order valence-electron chi connectivity index (χ0n) is 11.7. The predicted octanol–water partition coefficient (Wildman–Crippen LogP) is 1.67. The molecule has 1 aliphatic heterocycles. The van der Waals surface area contributed by atoms with E-state index in [-0.39, 0.29) is 17.9 Å². The molecule has 1 aromatic rings. The lowest BCUT2D eigenvalue weighted by molar-refractivity contribution is -0.0149. The molecule has 0 saturated carbocycles. The van der Waals surface area contributed by atoms with Gasteiger partial charge in [0.2, 0.25) is 11.7 Å². The lowest BCUT2D eigenvalue weighted by Gasteiger charge is -2.24. The second-order valence-corrected chi connectivity index (χ2v) is 5.15. The minimum Gasteiger partial charge on any atom is -0.392 e. The molecule has 1 fully saturated rings. The molecule has 0 aliphatic carbocycles. The molecule has 3 atom stereocenters. The molecule has 0 radical (unpaired) electrons. The van der Waals surface area contributed by atoms with Crippen molar-refractivity contribution >= 4 is 0 Å². The van der Waals surface area contributed by atoms with E-state index in [1.165, 1.54) is 0 Å². The normalized spacial score (nSPS) is 25.7. The third kappa shape index (κ3) is 3.32. The molecule has 1 saturated heterocycles. The fourth-order valence-corrected chi connectivity index (χ4v) is 2.22. The van der Waals surface area contributed by atoms with E-state index in [0.29, 0.717) is 38.0 Å². The number of aliphatic hydroxyl groups excluding tert-OH is 1. The fourth-order valence-electron chi connectivity index (χ4n) is 2.22. The number of aliphatic hydroxyl groups is 1. The highest BCUT2D eigenvalue weighted by Crippen LogP contribution is 2.28. The van der Waals surface area contributed by atoms with E-state index in [9.17, 15) is 5.11 Å². The van der Waals surface area contributed by atoms with Crippen molar-refractivity contribution < 1.29 is 19.1 Å². The quantitative estimate of drug-likeness (QED) is 0.877. The Labute approximate surface area is 113 Å². The van der Waals surface area contributed by atoms with Crippen LogP contribution in [0.3, 0.4) is 0 Å². The van der Waals surface area contributed by atoms with Crippen LogP contribution in [0.2, 0.25) is 0 Å². The SMILES string of the molecule is CCOC(c1noc(C2COCCC2O)n1)C(C)C. The summed E-state index contributed by atoms with van der Waals surface area (Å²) in [4.78, 5) is 4.38. The molecule has 2 heterocycles. The Morgan fingerprint density at radius 2 is 2.26 bits per heavy atom. The summed E-state index contributed by atoms with van der Waals surface area (Å²) < 4.78 is 16.3. The molecule has 6 heteroatoms. The highest BCUT2D eigenvalue weighted by atomic mass is 16.5. The maximum absolute atomic E-state index is 9.94. The van der Waals surface area contributed by atoms with Crippen LogP contribution in [0.25, 0.3) is 0 Å². The van der Waals surface area contributed by atoms with Gasteiger partial charge in [0.05, 0.1) is 18.6 Å². The van der Waals surface area contributed by atoms with Gasteiger partial charge in [-0.05, 0) is 19.3 Å². The Bertz CT molecular complexity index is 375. The molecule has 0 aromatic carbocycles. The zero-order valence-corrected chi connectivity index (χ0v) is 11.7. The van der Waals surface area contributed by atoms with Crippen LogP contribution in [-0.2, 0) is 9.47 Å². The third-order valence-corrected chi connectivity index (χ3v) is 3.30. The third-order valence-electron chi connectivity index (χ3n) is 3.30. The van der Waals surface area contributed by atoms with Crippen molar-refractivity contribution in [2.24, 2.45) is 5.92 Å².